The van der Waals surface area contributed by atoms with Crippen molar-refractivity contribution < 1.29 is 9.90 Å². The van der Waals surface area contributed by atoms with E-state index >= 15 is 0 Å². The first-order valence-electron chi connectivity index (χ1n) is 7.84. The molecule has 0 aliphatic heterocycles. The molecule has 4 heteroatoms. The highest BCUT2D eigenvalue weighted by molar-refractivity contribution is 5.86. The van der Waals surface area contributed by atoms with E-state index in [9.17, 15) is 9.90 Å². The van der Waals surface area contributed by atoms with Gasteiger partial charge in [-0.1, -0.05) is 44.9 Å². The SMILES string of the molecule is NC1(C(=O)NCC2(O)CCCCCC2)CCCCC1. The zero-order valence-corrected chi connectivity index (χ0v) is 11.9. The predicted octanol–water partition coefficient (Wildman–Crippen LogP) is 1.85. The van der Waals surface area contributed by atoms with Crippen LogP contribution >= 0.6 is 0 Å². The molecular weight excluding hydrogens is 240 g/mol. The van der Waals surface area contributed by atoms with E-state index in [0.717, 1.165) is 51.4 Å². The van der Waals surface area contributed by atoms with Gasteiger partial charge in [-0.25, -0.2) is 0 Å². The van der Waals surface area contributed by atoms with Crippen LogP contribution in [0, 0.1) is 0 Å². The Labute approximate surface area is 116 Å². The molecule has 0 heterocycles. The third kappa shape index (κ3) is 3.93. The number of amides is 1. The fraction of sp³-hybridized carbons (Fsp3) is 0.933. The van der Waals surface area contributed by atoms with E-state index in [1.807, 2.05) is 0 Å². The van der Waals surface area contributed by atoms with Crippen LogP contribution in [0.25, 0.3) is 0 Å². The lowest BCUT2D eigenvalue weighted by Gasteiger charge is -2.34. The fourth-order valence-electron chi connectivity index (χ4n) is 3.39. The number of rotatable bonds is 3. The van der Waals surface area contributed by atoms with Crippen molar-refractivity contribution in [2.75, 3.05) is 6.54 Å². The molecule has 0 aromatic carbocycles. The van der Waals surface area contributed by atoms with Gasteiger partial charge in [0.05, 0.1) is 11.1 Å². The monoisotopic (exact) mass is 268 g/mol. The number of nitrogens with two attached hydrogens (primary N) is 1. The average Bonchev–Trinajstić information content (AvgIpc) is 2.62. The molecule has 0 spiro atoms. The first-order chi connectivity index (χ1) is 9.04. The van der Waals surface area contributed by atoms with Gasteiger partial charge < -0.3 is 16.2 Å². The van der Waals surface area contributed by atoms with E-state index in [1.165, 1.54) is 19.3 Å². The number of carbonyl (C=O) groups is 1. The number of aliphatic hydroxyl groups is 1. The van der Waals surface area contributed by atoms with Crippen LogP contribution in [0.2, 0.25) is 0 Å². The Morgan fingerprint density at radius 3 is 2.00 bits per heavy atom. The second kappa shape index (κ2) is 6.23. The van der Waals surface area contributed by atoms with E-state index in [0.29, 0.717) is 6.54 Å². The first-order valence-corrected chi connectivity index (χ1v) is 7.84. The van der Waals surface area contributed by atoms with Gasteiger partial charge >= 0.3 is 0 Å². The minimum Gasteiger partial charge on any atom is -0.388 e. The molecule has 4 nitrogen and oxygen atoms in total. The maximum atomic E-state index is 12.2. The van der Waals surface area contributed by atoms with Gasteiger partial charge in [-0.3, -0.25) is 4.79 Å². The number of carbonyl (C=O) groups excluding carboxylic acids is 1. The largest absolute Gasteiger partial charge is 0.388 e. The summed E-state index contributed by atoms with van der Waals surface area (Å²) in [5.74, 6) is -0.0649. The van der Waals surface area contributed by atoms with Crippen molar-refractivity contribution >= 4 is 5.91 Å². The van der Waals surface area contributed by atoms with E-state index in [1.54, 1.807) is 0 Å². The van der Waals surface area contributed by atoms with Crippen molar-refractivity contribution in [1.82, 2.24) is 5.32 Å². The molecule has 4 N–H and O–H groups in total. The summed E-state index contributed by atoms with van der Waals surface area (Å²) in [6.07, 6.45) is 10.9. The smallest absolute Gasteiger partial charge is 0.240 e. The van der Waals surface area contributed by atoms with E-state index in [4.69, 9.17) is 5.73 Å². The molecule has 0 saturated heterocycles. The Hall–Kier alpha value is -0.610. The van der Waals surface area contributed by atoms with Gasteiger partial charge in [-0.15, -0.1) is 0 Å². The molecule has 0 aromatic heterocycles. The molecule has 19 heavy (non-hydrogen) atoms. The molecular formula is C15H28N2O2. The second-order valence-electron chi connectivity index (χ2n) is 6.54. The predicted molar refractivity (Wildman–Crippen MR) is 75.7 cm³/mol. The van der Waals surface area contributed by atoms with E-state index in [2.05, 4.69) is 5.32 Å². The van der Waals surface area contributed by atoms with Crippen LogP contribution in [-0.2, 0) is 4.79 Å². The summed E-state index contributed by atoms with van der Waals surface area (Å²) in [6, 6.07) is 0. The summed E-state index contributed by atoms with van der Waals surface area (Å²) in [4.78, 5) is 12.2. The average molecular weight is 268 g/mol. The summed E-state index contributed by atoms with van der Waals surface area (Å²) in [5.41, 5.74) is 4.79. The molecule has 0 radical (unpaired) electrons. The maximum absolute atomic E-state index is 12.2. The van der Waals surface area contributed by atoms with Crippen LogP contribution in [0.4, 0.5) is 0 Å². The fourth-order valence-corrected chi connectivity index (χ4v) is 3.39. The number of hydrogen-bond donors (Lipinski definition) is 3. The van der Waals surface area contributed by atoms with Crippen molar-refractivity contribution in [3.05, 3.63) is 0 Å². The third-order valence-corrected chi connectivity index (χ3v) is 4.81. The summed E-state index contributed by atoms with van der Waals surface area (Å²) in [7, 11) is 0. The van der Waals surface area contributed by atoms with Crippen molar-refractivity contribution in [3.8, 4) is 0 Å². The van der Waals surface area contributed by atoms with E-state index in [-0.39, 0.29) is 5.91 Å². The quantitative estimate of drug-likeness (QED) is 0.684. The molecule has 0 bridgehead atoms. The molecule has 110 valence electrons. The lowest BCUT2D eigenvalue weighted by molar-refractivity contribution is -0.128. The van der Waals surface area contributed by atoms with Crippen LogP contribution in [0.15, 0.2) is 0 Å². The zero-order valence-electron chi connectivity index (χ0n) is 11.9. The van der Waals surface area contributed by atoms with Crippen LogP contribution in [0.1, 0.15) is 70.6 Å². The van der Waals surface area contributed by atoms with Crippen LogP contribution in [0.5, 0.6) is 0 Å². The molecule has 0 aromatic rings. The lowest BCUT2D eigenvalue weighted by atomic mass is 9.81. The Bertz CT molecular complexity index is 303. The highest BCUT2D eigenvalue weighted by Gasteiger charge is 2.37. The number of nitrogens with one attached hydrogen (secondary N) is 1. The number of hydrogen-bond acceptors (Lipinski definition) is 3. The minimum absolute atomic E-state index is 0.0649. The Morgan fingerprint density at radius 1 is 0.947 bits per heavy atom. The molecule has 1 amide bonds. The highest BCUT2D eigenvalue weighted by Crippen LogP contribution is 2.28. The Morgan fingerprint density at radius 2 is 1.42 bits per heavy atom. The zero-order chi connectivity index (χ0) is 13.8. The van der Waals surface area contributed by atoms with Gasteiger partial charge in [0.15, 0.2) is 0 Å². The molecule has 2 rings (SSSR count). The van der Waals surface area contributed by atoms with Gasteiger partial charge in [-0.2, -0.15) is 0 Å². The van der Waals surface area contributed by atoms with Crippen LogP contribution in [0.3, 0.4) is 0 Å². The Kier molecular flexibility index (Phi) is 4.85. The molecule has 2 saturated carbocycles. The Balaban J connectivity index is 1.84. The summed E-state index contributed by atoms with van der Waals surface area (Å²) in [5, 5.41) is 13.4. The molecule has 0 unspecified atom stereocenters. The van der Waals surface area contributed by atoms with Crippen LogP contribution in [-0.4, -0.2) is 28.7 Å². The van der Waals surface area contributed by atoms with Crippen molar-refractivity contribution in [2.24, 2.45) is 5.73 Å². The normalized spacial score (nSPS) is 26.4. The first kappa shape index (κ1) is 14.8. The van der Waals surface area contributed by atoms with E-state index < -0.39 is 11.1 Å². The van der Waals surface area contributed by atoms with Gasteiger partial charge in [0.25, 0.3) is 0 Å². The summed E-state index contributed by atoms with van der Waals surface area (Å²) in [6.45, 7) is 0.366. The summed E-state index contributed by atoms with van der Waals surface area (Å²) < 4.78 is 0. The minimum atomic E-state index is -0.711. The van der Waals surface area contributed by atoms with Crippen molar-refractivity contribution in [1.29, 1.82) is 0 Å². The van der Waals surface area contributed by atoms with Gasteiger partial charge in [0.2, 0.25) is 5.91 Å². The van der Waals surface area contributed by atoms with Crippen LogP contribution < -0.4 is 11.1 Å². The summed E-state index contributed by atoms with van der Waals surface area (Å²) >= 11 is 0. The molecule has 2 fully saturated rings. The third-order valence-electron chi connectivity index (χ3n) is 4.81. The maximum Gasteiger partial charge on any atom is 0.240 e. The standard InChI is InChI=1S/C15H28N2O2/c16-15(10-6-3-7-11-15)13(18)17-12-14(19)8-4-1-2-5-9-14/h19H,1-12,16H2,(H,17,18). The van der Waals surface area contributed by atoms with Crippen molar-refractivity contribution in [3.63, 3.8) is 0 Å². The second-order valence-corrected chi connectivity index (χ2v) is 6.54. The molecule has 0 atom stereocenters. The van der Waals surface area contributed by atoms with Crippen molar-refractivity contribution in [2.45, 2.75) is 81.8 Å². The van der Waals surface area contributed by atoms with Gasteiger partial charge in [-0.05, 0) is 25.7 Å². The highest BCUT2D eigenvalue weighted by atomic mass is 16.3. The molecule has 2 aliphatic carbocycles. The lowest BCUT2D eigenvalue weighted by Crippen LogP contribution is -2.57. The van der Waals surface area contributed by atoms with Gasteiger partial charge in [0, 0.05) is 6.54 Å². The molecule has 2 aliphatic rings. The van der Waals surface area contributed by atoms with Gasteiger partial charge in [0.1, 0.15) is 0 Å². The topological polar surface area (TPSA) is 75.4 Å².